The van der Waals surface area contributed by atoms with E-state index >= 15 is 0 Å². The van der Waals surface area contributed by atoms with Crippen molar-refractivity contribution in [2.45, 2.75) is 123 Å². The minimum absolute atomic E-state index is 0.973. The van der Waals surface area contributed by atoms with Crippen LogP contribution in [0.25, 0.3) is 65.8 Å². The lowest BCUT2D eigenvalue weighted by atomic mass is 10.1. The van der Waals surface area contributed by atoms with Crippen LogP contribution < -0.4 is 0 Å². The van der Waals surface area contributed by atoms with Gasteiger partial charge in [0.05, 0.1) is 0 Å². The van der Waals surface area contributed by atoms with Gasteiger partial charge in [0.25, 0.3) is 0 Å². The Kier molecular flexibility index (Phi) is 24.6. The molecule has 3 aromatic heterocycles. The summed E-state index contributed by atoms with van der Waals surface area (Å²) in [5.74, 6) is 0. The van der Waals surface area contributed by atoms with E-state index in [0.717, 1.165) is 52.8 Å². The van der Waals surface area contributed by atoms with Crippen LogP contribution in [-0.4, -0.2) is 0 Å². The second kappa shape index (κ2) is 28.2. The molecule has 0 N–H and O–H groups in total. The van der Waals surface area contributed by atoms with Gasteiger partial charge < -0.3 is 13.3 Å². The van der Waals surface area contributed by atoms with Crippen LogP contribution in [0.15, 0.2) is 141 Å². The molecule has 0 saturated heterocycles. The molecule has 9 rings (SSSR count). The third kappa shape index (κ3) is 12.6. The molecule has 3 heterocycles. The molecule has 57 heavy (non-hydrogen) atoms. The van der Waals surface area contributed by atoms with Gasteiger partial charge in [0, 0.05) is 32.3 Å². The van der Waals surface area contributed by atoms with Crippen molar-refractivity contribution in [1.82, 2.24) is 0 Å². The van der Waals surface area contributed by atoms with Gasteiger partial charge >= 0.3 is 0 Å². The Hall–Kier alpha value is -5.28. The molecule has 0 amide bonds. The van der Waals surface area contributed by atoms with E-state index in [9.17, 15) is 0 Å². The van der Waals surface area contributed by atoms with E-state index in [0.29, 0.717) is 0 Å². The fraction of sp³-hybridized carbons (Fsp3) is 0.333. The van der Waals surface area contributed by atoms with Gasteiger partial charge in [-0.05, 0) is 72.4 Å². The van der Waals surface area contributed by atoms with Gasteiger partial charge in [-0.1, -0.05) is 195 Å². The Morgan fingerprint density at radius 3 is 1.21 bits per heavy atom. The zero-order valence-corrected chi connectivity index (χ0v) is 38.0. The Morgan fingerprint density at radius 1 is 0.298 bits per heavy atom. The molecule has 0 atom stereocenters. The van der Waals surface area contributed by atoms with Crippen LogP contribution in [0.2, 0.25) is 0 Å². The molecule has 0 radical (unpaired) electrons. The summed E-state index contributed by atoms with van der Waals surface area (Å²) in [6.07, 6.45) is 3.12. The summed E-state index contributed by atoms with van der Waals surface area (Å²) in [7, 11) is 0. The number of rotatable bonds is 3. The van der Waals surface area contributed by atoms with E-state index in [4.69, 9.17) is 13.3 Å². The SMILES string of the molecule is CC.CC.CC.CC.CC.CC.CCc1ccc2c(c1)oc1ccccc12.CCc1ccc2oc3ccccc3c2c1.CCc1cccc2c1oc1ccccc12. The highest BCUT2D eigenvalue weighted by Crippen LogP contribution is 2.32. The zero-order valence-electron chi connectivity index (χ0n) is 38.0. The first-order valence-electron chi connectivity index (χ1n) is 21.9. The molecule has 9 aromatic rings. The van der Waals surface area contributed by atoms with Crippen molar-refractivity contribution in [2.75, 3.05) is 0 Å². The predicted octanol–water partition coefficient (Wildman–Crippen LogP) is 18.6. The van der Waals surface area contributed by atoms with Crippen molar-refractivity contribution in [3.8, 4) is 0 Å². The van der Waals surface area contributed by atoms with Crippen molar-refractivity contribution in [3.05, 3.63) is 144 Å². The smallest absolute Gasteiger partial charge is 0.138 e. The molecule has 306 valence electrons. The monoisotopic (exact) mass is 769 g/mol. The summed E-state index contributed by atoms with van der Waals surface area (Å²) < 4.78 is 17.4. The Morgan fingerprint density at radius 2 is 0.684 bits per heavy atom. The molecule has 0 spiro atoms. The van der Waals surface area contributed by atoms with Gasteiger partial charge in [-0.3, -0.25) is 0 Å². The fourth-order valence-corrected chi connectivity index (χ4v) is 6.07. The first-order chi connectivity index (χ1) is 28.2. The summed E-state index contributed by atoms with van der Waals surface area (Å²) in [5.41, 5.74) is 9.90. The summed E-state index contributed by atoms with van der Waals surface area (Å²) >= 11 is 0. The molecule has 0 bridgehead atoms. The average Bonchev–Trinajstić information content (AvgIpc) is 4.01. The number of aryl methyl sites for hydroxylation is 3. The van der Waals surface area contributed by atoms with E-state index in [2.05, 4.69) is 106 Å². The molecule has 0 saturated carbocycles. The summed E-state index contributed by atoms with van der Waals surface area (Å²) in [6, 6.07) is 43.8. The average molecular weight is 769 g/mol. The lowest BCUT2D eigenvalue weighted by molar-refractivity contribution is 0.663. The Bertz CT molecular complexity index is 2380. The van der Waals surface area contributed by atoms with Crippen LogP contribution in [0.3, 0.4) is 0 Å². The van der Waals surface area contributed by atoms with Gasteiger partial charge in [0.15, 0.2) is 0 Å². The van der Waals surface area contributed by atoms with E-state index in [1.54, 1.807) is 0 Å². The topological polar surface area (TPSA) is 39.4 Å². The third-order valence-electron chi connectivity index (χ3n) is 8.57. The standard InChI is InChI=1S/3C14H12O.6C2H6/c1-2-10-6-5-8-12-11-7-3-4-9-13(11)15-14(10)12;1-2-10-7-8-14-12(9-10)11-5-3-4-6-13(11)15-14;1-2-10-7-8-12-11-5-3-4-6-13(11)15-14(12)9-10;6*1-2/h3*3-9H,2H2,1H3;6*1-2H3. The maximum Gasteiger partial charge on any atom is 0.138 e. The molecule has 0 fully saturated rings. The number of furan rings is 3. The lowest BCUT2D eigenvalue weighted by Gasteiger charge is -1.95. The highest BCUT2D eigenvalue weighted by molar-refractivity contribution is 6.07. The summed E-state index contributed by atoms with van der Waals surface area (Å²) in [4.78, 5) is 0. The van der Waals surface area contributed by atoms with Crippen molar-refractivity contribution in [2.24, 2.45) is 0 Å². The van der Waals surface area contributed by atoms with Crippen molar-refractivity contribution in [1.29, 1.82) is 0 Å². The largest absolute Gasteiger partial charge is 0.456 e. The highest BCUT2D eigenvalue weighted by atomic mass is 16.3. The minimum atomic E-state index is 0.973. The molecule has 6 aromatic carbocycles. The molecule has 0 aliphatic carbocycles. The van der Waals surface area contributed by atoms with E-state index in [-0.39, 0.29) is 0 Å². The molecule has 0 unspecified atom stereocenters. The number of fused-ring (bicyclic) bond motifs is 9. The Labute approximate surface area is 345 Å². The maximum atomic E-state index is 5.87. The number of benzene rings is 6. The molecular formula is C54H72O3. The van der Waals surface area contributed by atoms with E-state index in [1.807, 2.05) is 126 Å². The van der Waals surface area contributed by atoms with Crippen LogP contribution in [0.1, 0.15) is 121 Å². The molecule has 0 aliphatic rings. The number of hydrogen-bond donors (Lipinski definition) is 0. The maximum absolute atomic E-state index is 5.87. The third-order valence-corrected chi connectivity index (χ3v) is 8.57. The van der Waals surface area contributed by atoms with Crippen LogP contribution >= 0.6 is 0 Å². The first-order valence-corrected chi connectivity index (χ1v) is 21.9. The Balaban J connectivity index is 0.000000377. The van der Waals surface area contributed by atoms with Gasteiger partial charge in [-0.15, -0.1) is 0 Å². The summed E-state index contributed by atoms with van der Waals surface area (Å²) in [5, 5.41) is 7.29. The van der Waals surface area contributed by atoms with Crippen molar-refractivity contribution >= 4 is 65.8 Å². The van der Waals surface area contributed by atoms with E-state index in [1.165, 1.54) is 49.0 Å². The van der Waals surface area contributed by atoms with Crippen LogP contribution in [0, 0.1) is 0 Å². The molecular weight excluding hydrogens is 697 g/mol. The quantitative estimate of drug-likeness (QED) is 0.180. The molecule has 3 nitrogen and oxygen atoms in total. The van der Waals surface area contributed by atoms with Gasteiger partial charge in [0.2, 0.25) is 0 Å². The van der Waals surface area contributed by atoms with Crippen LogP contribution in [0.5, 0.6) is 0 Å². The lowest BCUT2D eigenvalue weighted by Crippen LogP contribution is -1.78. The van der Waals surface area contributed by atoms with Gasteiger partial charge in [-0.2, -0.15) is 0 Å². The summed E-state index contributed by atoms with van der Waals surface area (Å²) in [6.45, 7) is 30.5. The van der Waals surface area contributed by atoms with Gasteiger partial charge in [-0.25, -0.2) is 0 Å². The molecule has 3 heteroatoms. The first kappa shape index (κ1) is 49.7. The van der Waals surface area contributed by atoms with Crippen LogP contribution in [0.4, 0.5) is 0 Å². The minimum Gasteiger partial charge on any atom is -0.456 e. The zero-order chi connectivity index (χ0) is 42.8. The highest BCUT2D eigenvalue weighted by Gasteiger charge is 2.09. The fourth-order valence-electron chi connectivity index (χ4n) is 6.07. The number of para-hydroxylation sites is 4. The molecule has 0 aliphatic heterocycles. The van der Waals surface area contributed by atoms with Gasteiger partial charge in [0.1, 0.15) is 33.5 Å². The van der Waals surface area contributed by atoms with E-state index < -0.39 is 0 Å². The van der Waals surface area contributed by atoms with Crippen LogP contribution in [-0.2, 0) is 19.3 Å². The number of hydrogen-bond acceptors (Lipinski definition) is 3. The van der Waals surface area contributed by atoms with Crippen molar-refractivity contribution < 1.29 is 13.3 Å². The second-order valence-electron chi connectivity index (χ2n) is 11.3. The second-order valence-corrected chi connectivity index (χ2v) is 11.3. The normalized spacial score (nSPS) is 9.53. The van der Waals surface area contributed by atoms with Crippen molar-refractivity contribution in [3.63, 3.8) is 0 Å². The predicted molar refractivity (Wildman–Crippen MR) is 257 cm³/mol.